The molecule has 4 atom stereocenters. The van der Waals surface area contributed by atoms with E-state index in [0.717, 1.165) is 5.56 Å². The molecule has 2 fully saturated rings. The summed E-state index contributed by atoms with van der Waals surface area (Å²) in [6.07, 6.45) is 1.11. The van der Waals surface area contributed by atoms with Crippen LogP contribution in [0.25, 0.3) is 0 Å². The van der Waals surface area contributed by atoms with Gasteiger partial charge in [0.25, 0.3) is 0 Å². The number of fused-ring (bicyclic) bond motifs is 1. The molecule has 0 bridgehead atoms. The van der Waals surface area contributed by atoms with E-state index >= 15 is 0 Å². The zero-order valence-corrected chi connectivity index (χ0v) is 17.9. The molecule has 32 heavy (non-hydrogen) atoms. The minimum absolute atomic E-state index is 0.0949. The lowest BCUT2D eigenvalue weighted by molar-refractivity contribution is -0.0565. The van der Waals surface area contributed by atoms with Crippen LogP contribution in [0.5, 0.6) is 0 Å². The number of hydrogen-bond donors (Lipinski definition) is 3. The van der Waals surface area contributed by atoms with Crippen LogP contribution in [-0.2, 0) is 16.1 Å². The van der Waals surface area contributed by atoms with Crippen molar-refractivity contribution >= 4 is 18.1 Å². The Kier molecular flexibility index (Phi) is 5.79. The van der Waals surface area contributed by atoms with Crippen LogP contribution in [0, 0.1) is 0 Å². The molecule has 0 spiro atoms. The first-order chi connectivity index (χ1) is 15.3. The van der Waals surface area contributed by atoms with Gasteiger partial charge in [0.2, 0.25) is 0 Å². The predicted molar refractivity (Wildman–Crippen MR) is 113 cm³/mol. The van der Waals surface area contributed by atoms with E-state index in [2.05, 4.69) is 10.6 Å². The topological polar surface area (TPSA) is 122 Å². The smallest absolute Gasteiger partial charge is 0.407 e. The van der Waals surface area contributed by atoms with Gasteiger partial charge in [0.05, 0.1) is 18.7 Å². The van der Waals surface area contributed by atoms with Crippen LogP contribution in [-0.4, -0.2) is 64.1 Å². The largest absolute Gasteiger partial charge is 0.456 e. The summed E-state index contributed by atoms with van der Waals surface area (Å²) in [4.78, 5) is 38.4. The number of esters is 1. The molecule has 10 heteroatoms. The van der Waals surface area contributed by atoms with Gasteiger partial charge in [0.1, 0.15) is 18.3 Å². The Morgan fingerprint density at radius 3 is 2.69 bits per heavy atom. The maximum atomic E-state index is 12.8. The molecule has 170 valence electrons. The van der Waals surface area contributed by atoms with E-state index in [1.165, 1.54) is 11.9 Å². The molecule has 3 N–H and O–H groups in total. The molecule has 0 radical (unpaired) electrons. The van der Waals surface area contributed by atoms with Gasteiger partial charge < -0.3 is 29.8 Å². The van der Waals surface area contributed by atoms with Gasteiger partial charge in [-0.1, -0.05) is 30.3 Å². The van der Waals surface area contributed by atoms with E-state index in [1.807, 2.05) is 30.3 Å². The standard InChI is InChI=1S/C22H26N4O6/c1-3-31-21(29)23-17-16(12-22(30)18(17)24-20(28)25(22)2)26-11-7-10-15(26)19(27)32-13-14-8-5-4-6-9-14/h4-11,16-18,30H,3,12-13H2,1-2H3,(H,23,29)(H,24,28)/t16-,17-,18+,22+/m1/s1. The number of carbonyl (C=O) groups is 3. The number of carbonyl (C=O) groups excluding carboxylic acids is 3. The average Bonchev–Trinajstić information content (AvgIpc) is 3.42. The van der Waals surface area contributed by atoms with Gasteiger partial charge in [0.15, 0.2) is 5.72 Å². The fourth-order valence-corrected chi connectivity index (χ4v) is 4.44. The van der Waals surface area contributed by atoms with Crippen molar-refractivity contribution in [3.63, 3.8) is 0 Å². The first-order valence-corrected chi connectivity index (χ1v) is 10.4. The maximum absolute atomic E-state index is 12.8. The molecule has 1 aromatic carbocycles. The molecular weight excluding hydrogens is 416 g/mol. The van der Waals surface area contributed by atoms with Crippen molar-refractivity contribution in [2.45, 2.75) is 43.8 Å². The summed E-state index contributed by atoms with van der Waals surface area (Å²) < 4.78 is 12.1. The van der Waals surface area contributed by atoms with Crippen molar-refractivity contribution in [2.75, 3.05) is 13.7 Å². The van der Waals surface area contributed by atoms with Gasteiger partial charge >= 0.3 is 18.1 Å². The quantitative estimate of drug-likeness (QED) is 0.585. The number of benzene rings is 1. The second-order valence-electron chi connectivity index (χ2n) is 7.89. The van der Waals surface area contributed by atoms with Crippen LogP contribution < -0.4 is 10.6 Å². The number of likely N-dealkylation sites (N-methyl/N-ethyl adjacent to an activating group) is 1. The molecule has 1 saturated heterocycles. The van der Waals surface area contributed by atoms with Crippen LogP contribution >= 0.6 is 0 Å². The van der Waals surface area contributed by atoms with Crippen LogP contribution in [0.15, 0.2) is 48.7 Å². The van der Waals surface area contributed by atoms with Gasteiger partial charge in [-0.15, -0.1) is 0 Å². The molecule has 2 aliphatic rings. The Hall–Kier alpha value is -3.53. The highest BCUT2D eigenvalue weighted by Gasteiger charge is 2.62. The average molecular weight is 442 g/mol. The Morgan fingerprint density at radius 1 is 1.22 bits per heavy atom. The Labute approximate surface area is 185 Å². The van der Waals surface area contributed by atoms with Crippen molar-refractivity contribution in [1.29, 1.82) is 0 Å². The molecule has 1 saturated carbocycles. The molecule has 2 aromatic rings. The third kappa shape index (κ3) is 3.77. The number of rotatable bonds is 6. The van der Waals surface area contributed by atoms with E-state index in [0.29, 0.717) is 0 Å². The van der Waals surface area contributed by atoms with Crippen LogP contribution in [0.4, 0.5) is 9.59 Å². The normalized spacial score (nSPS) is 26.4. The van der Waals surface area contributed by atoms with Crippen LogP contribution in [0.3, 0.4) is 0 Å². The Morgan fingerprint density at radius 2 is 1.97 bits per heavy atom. The van der Waals surface area contributed by atoms with E-state index < -0.39 is 41.9 Å². The number of aromatic nitrogens is 1. The maximum Gasteiger partial charge on any atom is 0.407 e. The second-order valence-corrected chi connectivity index (χ2v) is 7.89. The predicted octanol–water partition coefficient (Wildman–Crippen LogP) is 1.62. The lowest BCUT2D eigenvalue weighted by atomic mass is 10.1. The molecule has 1 aliphatic carbocycles. The van der Waals surface area contributed by atoms with Crippen molar-refractivity contribution in [1.82, 2.24) is 20.1 Å². The third-order valence-corrected chi connectivity index (χ3v) is 6.06. The first-order valence-electron chi connectivity index (χ1n) is 10.4. The molecule has 4 rings (SSSR count). The summed E-state index contributed by atoms with van der Waals surface area (Å²) in [6, 6.07) is 10.1. The fraction of sp³-hybridized carbons (Fsp3) is 0.409. The SMILES string of the molecule is CCOC(=O)N[C@@H]1[C@H](n2cccc2C(=O)OCc2ccccc2)C[C@]2(O)[C@H]1NC(=O)N2C. The van der Waals surface area contributed by atoms with Crippen molar-refractivity contribution in [3.8, 4) is 0 Å². The number of hydrogen-bond acceptors (Lipinski definition) is 6. The molecule has 10 nitrogen and oxygen atoms in total. The number of amides is 3. The number of ether oxygens (including phenoxy) is 2. The van der Waals surface area contributed by atoms with Gasteiger partial charge in [-0.2, -0.15) is 0 Å². The van der Waals surface area contributed by atoms with Crippen LogP contribution in [0.1, 0.15) is 35.4 Å². The van der Waals surface area contributed by atoms with E-state index in [1.54, 1.807) is 29.8 Å². The molecule has 3 amide bonds. The molecular formula is C22H26N4O6. The zero-order valence-electron chi connectivity index (χ0n) is 17.9. The molecule has 2 heterocycles. The number of urea groups is 1. The van der Waals surface area contributed by atoms with Crippen molar-refractivity contribution in [3.05, 3.63) is 59.9 Å². The number of aliphatic hydroxyl groups is 1. The molecule has 1 aromatic heterocycles. The minimum Gasteiger partial charge on any atom is -0.456 e. The van der Waals surface area contributed by atoms with Crippen molar-refractivity contribution < 1.29 is 29.0 Å². The number of nitrogens with zero attached hydrogens (tertiary/aromatic N) is 2. The highest BCUT2D eigenvalue weighted by molar-refractivity contribution is 5.88. The summed E-state index contributed by atoms with van der Waals surface area (Å²) in [7, 11) is 1.49. The minimum atomic E-state index is -1.54. The summed E-state index contributed by atoms with van der Waals surface area (Å²) in [6.45, 7) is 1.97. The van der Waals surface area contributed by atoms with Crippen molar-refractivity contribution in [2.24, 2.45) is 0 Å². The van der Waals surface area contributed by atoms with Gasteiger partial charge in [-0.25, -0.2) is 14.4 Å². The highest BCUT2D eigenvalue weighted by atomic mass is 16.5. The second kappa shape index (κ2) is 8.54. The summed E-state index contributed by atoms with van der Waals surface area (Å²) in [5.41, 5.74) is -0.407. The van der Waals surface area contributed by atoms with E-state index in [4.69, 9.17) is 9.47 Å². The van der Waals surface area contributed by atoms with Gasteiger partial charge in [-0.05, 0) is 24.6 Å². The Balaban J connectivity index is 1.59. The first kappa shape index (κ1) is 21.7. The molecule has 1 aliphatic heterocycles. The summed E-state index contributed by atoms with van der Waals surface area (Å²) in [5.74, 6) is -0.532. The molecule has 0 unspecified atom stereocenters. The summed E-state index contributed by atoms with van der Waals surface area (Å²) in [5, 5.41) is 16.7. The monoisotopic (exact) mass is 442 g/mol. The third-order valence-electron chi connectivity index (χ3n) is 6.06. The lowest BCUT2D eigenvalue weighted by Gasteiger charge is -2.28. The van der Waals surface area contributed by atoms with E-state index in [-0.39, 0.29) is 25.3 Å². The zero-order chi connectivity index (χ0) is 22.9. The van der Waals surface area contributed by atoms with Gasteiger partial charge in [-0.3, -0.25) is 4.90 Å². The summed E-state index contributed by atoms with van der Waals surface area (Å²) >= 11 is 0. The number of nitrogens with one attached hydrogen (secondary N) is 2. The fourth-order valence-electron chi connectivity index (χ4n) is 4.44. The van der Waals surface area contributed by atoms with Crippen LogP contribution in [0.2, 0.25) is 0 Å². The highest BCUT2D eigenvalue weighted by Crippen LogP contribution is 2.43. The lowest BCUT2D eigenvalue weighted by Crippen LogP contribution is -2.54. The van der Waals surface area contributed by atoms with E-state index in [9.17, 15) is 19.5 Å². The number of alkyl carbamates (subject to hydrolysis) is 1. The van der Waals surface area contributed by atoms with Gasteiger partial charge in [0, 0.05) is 19.7 Å². The Bertz CT molecular complexity index is 1010.